The maximum atomic E-state index is 13.6. The van der Waals surface area contributed by atoms with Crippen LogP contribution in [0.5, 0.6) is 0 Å². The third kappa shape index (κ3) is 4.27. The van der Waals surface area contributed by atoms with Crippen LogP contribution >= 0.6 is 0 Å². The number of fused-ring (bicyclic) bond motifs is 5. The van der Waals surface area contributed by atoms with Gasteiger partial charge in [-0.2, -0.15) is 13.2 Å². The van der Waals surface area contributed by atoms with Crippen LogP contribution in [0, 0.1) is 51.8 Å². The Hall–Kier alpha value is -0.290. The van der Waals surface area contributed by atoms with Gasteiger partial charge in [-0.15, -0.1) is 0 Å². The van der Waals surface area contributed by atoms with E-state index in [0.29, 0.717) is 41.4 Å². The molecule has 0 aliphatic heterocycles. The summed E-state index contributed by atoms with van der Waals surface area (Å²) in [6.45, 7) is 13.5. The lowest BCUT2D eigenvalue weighted by molar-refractivity contribution is -0.290. The fourth-order valence-corrected chi connectivity index (χ4v) is 9.53. The monoisotopic (exact) mass is 486 g/mol. The second kappa shape index (κ2) is 8.64. The second-order valence-electron chi connectivity index (χ2n) is 14.6. The molecule has 4 rings (SSSR count). The molecule has 5 heteroatoms. The summed E-state index contributed by atoms with van der Waals surface area (Å²) < 4.78 is 40.8. The summed E-state index contributed by atoms with van der Waals surface area (Å²) in [6.07, 6.45) is 4.08. The lowest BCUT2D eigenvalue weighted by Gasteiger charge is -2.62. The quantitative estimate of drug-likeness (QED) is 0.426. The highest BCUT2D eigenvalue weighted by Gasteiger charge is 2.65. The van der Waals surface area contributed by atoms with Crippen molar-refractivity contribution in [2.45, 2.75) is 130 Å². The first-order valence-electron chi connectivity index (χ1n) is 14.0. The Morgan fingerprint density at radius 2 is 1.50 bits per heavy atom. The van der Waals surface area contributed by atoms with Gasteiger partial charge in [-0.1, -0.05) is 41.5 Å². The van der Waals surface area contributed by atoms with Gasteiger partial charge in [-0.3, -0.25) is 0 Å². The molecule has 4 saturated carbocycles. The van der Waals surface area contributed by atoms with Crippen molar-refractivity contribution in [3.05, 3.63) is 0 Å². The van der Waals surface area contributed by atoms with Crippen LogP contribution in [0.15, 0.2) is 0 Å². The molecule has 2 N–H and O–H groups in total. The van der Waals surface area contributed by atoms with Gasteiger partial charge in [0.25, 0.3) is 0 Å². The summed E-state index contributed by atoms with van der Waals surface area (Å²) in [5, 5.41) is 21.0. The standard InChI is InChI=1S/C29H49F3O2/c1-18(7-12-24(33)25(2,3)4)21-10-11-22-20-9-8-19-17-28(34,29(30,31)32)16-15-26(19,5)23(20)13-14-27(21,22)6/h18-24,33-34H,7-17H2,1-6H3/t18-,19+,20+,21-,22?,23+,24+,26+,27-,28+/m1/s1. The normalized spacial score (nSPS) is 46.9. The lowest BCUT2D eigenvalue weighted by atomic mass is 9.43. The van der Waals surface area contributed by atoms with E-state index in [9.17, 15) is 23.4 Å². The summed E-state index contributed by atoms with van der Waals surface area (Å²) >= 11 is 0. The van der Waals surface area contributed by atoms with Crippen molar-refractivity contribution in [2.24, 2.45) is 51.8 Å². The molecule has 0 saturated heterocycles. The second-order valence-corrected chi connectivity index (χ2v) is 14.6. The Labute approximate surface area is 205 Å². The van der Waals surface area contributed by atoms with E-state index in [1.165, 1.54) is 19.3 Å². The minimum atomic E-state index is -4.52. The zero-order valence-electron chi connectivity index (χ0n) is 22.3. The minimum absolute atomic E-state index is 0.0199. The van der Waals surface area contributed by atoms with Crippen molar-refractivity contribution in [3.8, 4) is 0 Å². The number of aliphatic hydroxyl groups excluding tert-OH is 1. The van der Waals surface area contributed by atoms with Crippen LogP contribution in [0.4, 0.5) is 13.2 Å². The van der Waals surface area contributed by atoms with Crippen LogP contribution in [0.3, 0.4) is 0 Å². The number of aliphatic hydroxyl groups is 2. The van der Waals surface area contributed by atoms with Crippen LogP contribution < -0.4 is 0 Å². The molecule has 4 aliphatic carbocycles. The zero-order valence-corrected chi connectivity index (χ0v) is 22.3. The fraction of sp³-hybridized carbons (Fsp3) is 1.00. The molecule has 2 nitrogen and oxygen atoms in total. The van der Waals surface area contributed by atoms with Gasteiger partial charge in [0.1, 0.15) is 0 Å². The van der Waals surface area contributed by atoms with Crippen LogP contribution in [-0.2, 0) is 0 Å². The van der Waals surface area contributed by atoms with Crippen LogP contribution in [0.25, 0.3) is 0 Å². The number of halogens is 3. The van der Waals surface area contributed by atoms with Gasteiger partial charge < -0.3 is 10.2 Å². The topological polar surface area (TPSA) is 40.5 Å². The van der Waals surface area contributed by atoms with Gasteiger partial charge in [-0.05, 0) is 122 Å². The smallest absolute Gasteiger partial charge is 0.393 e. The highest BCUT2D eigenvalue weighted by molar-refractivity contribution is 5.11. The predicted molar refractivity (Wildman–Crippen MR) is 130 cm³/mol. The molecule has 0 aromatic carbocycles. The zero-order chi connectivity index (χ0) is 25.3. The molecule has 34 heavy (non-hydrogen) atoms. The van der Waals surface area contributed by atoms with Crippen molar-refractivity contribution in [1.82, 2.24) is 0 Å². The molecular weight excluding hydrogens is 437 g/mol. The molecule has 10 atom stereocenters. The van der Waals surface area contributed by atoms with Crippen molar-refractivity contribution in [1.29, 1.82) is 0 Å². The van der Waals surface area contributed by atoms with E-state index < -0.39 is 11.8 Å². The Kier molecular flexibility index (Phi) is 6.80. The Morgan fingerprint density at radius 3 is 2.12 bits per heavy atom. The average Bonchev–Trinajstić information content (AvgIpc) is 3.08. The van der Waals surface area contributed by atoms with E-state index >= 15 is 0 Å². The first-order valence-corrected chi connectivity index (χ1v) is 14.0. The lowest BCUT2D eigenvalue weighted by Crippen LogP contribution is -2.59. The van der Waals surface area contributed by atoms with E-state index in [-0.39, 0.29) is 35.7 Å². The molecule has 0 aromatic rings. The largest absolute Gasteiger partial charge is 0.417 e. The molecule has 0 spiro atoms. The van der Waals surface area contributed by atoms with Crippen molar-refractivity contribution >= 4 is 0 Å². The van der Waals surface area contributed by atoms with Crippen molar-refractivity contribution < 1.29 is 23.4 Å². The van der Waals surface area contributed by atoms with E-state index in [1.807, 2.05) is 0 Å². The highest BCUT2D eigenvalue weighted by Crippen LogP contribution is 2.69. The molecule has 198 valence electrons. The highest BCUT2D eigenvalue weighted by atomic mass is 19.4. The molecule has 0 bridgehead atoms. The Balaban J connectivity index is 1.46. The molecule has 0 aromatic heterocycles. The fourth-order valence-electron chi connectivity index (χ4n) is 9.53. The molecule has 0 radical (unpaired) electrons. The molecule has 0 heterocycles. The first kappa shape index (κ1) is 26.8. The number of rotatable bonds is 4. The van der Waals surface area contributed by atoms with Crippen molar-refractivity contribution in [3.63, 3.8) is 0 Å². The van der Waals surface area contributed by atoms with Crippen molar-refractivity contribution in [2.75, 3.05) is 0 Å². The molecular formula is C29H49F3O2. The molecule has 1 unspecified atom stereocenters. The maximum Gasteiger partial charge on any atom is 0.417 e. The van der Waals surface area contributed by atoms with Gasteiger partial charge in [0.05, 0.1) is 6.10 Å². The van der Waals surface area contributed by atoms with Gasteiger partial charge in [-0.25, -0.2) is 0 Å². The van der Waals surface area contributed by atoms with Gasteiger partial charge in [0.15, 0.2) is 5.60 Å². The Morgan fingerprint density at radius 1 is 0.853 bits per heavy atom. The van der Waals surface area contributed by atoms with Gasteiger partial charge in [0, 0.05) is 0 Å². The summed E-state index contributed by atoms with van der Waals surface area (Å²) in [7, 11) is 0. The van der Waals surface area contributed by atoms with E-state index in [0.717, 1.165) is 32.1 Å². The predicted octanol–water partition coefficient (Wildman–Crippen LogP) is 7.76. The summed E-state index contributed by atoms with van der Waals surface area (Å²) in [6, 6.07) is 0. The third-order valence-electron chi connectivity index (χ3n) is 11.9. The van der Waals surface area contributed by atoms with Gasteiger partial charge in [0.2, 0.25) is 0 Å². The SMILES string of the molecule is C[C@H](CC[C@H](O)C(C)(C)C)[C@H]1CCC2[C@@H]3CC[C@H]4C[C@](O)(C(F)(F)F)CC[C@]4(C)[C@H]3CC[C@@]21C. The van der Waals surface area contributed by atoms with Crippen LogP contribution in [-0.4, -0.2) is 28.1 Å². The molecule has 0 amide bonds. The first-order chi connectivity index (χ1) is 15.5. The van der Waals surface area contributed by atoms with E-state index in [2.05, 4.69) is 41.5 Å². The summed E-state index contributed by atoms with van der Waals surface area (Å²) in [5.41, 5.74) is -2.31. The minimum Gasteiger partial charge on any atom is -0.393 e. The third-order valence-corrected chi connectivity index (χ3v) is 11.9. The van der Waals surface area contributed by atoms with E-state index in [4.69, 9.17) is 0 Å². The molecule has 4 aliphatic rings. The number of hydrogen-bond acceptors (Lipinski definition) is 2. The number of hydrogen-bond donors (Lipinski definition) is 2. The summed E-state index contributed by atoms with van der Waals surface area (Å²) in [5.74, 6) is 3.04. The van der Waals surface area contributed by atoms with Gasteiger partial charge >= 0.3 is 6.18 Å². The molecule has 4 fully saturated rings. The maximum absolute atomic E-state index is 13.6. The van der Waals surface area contributed by atoms with Crippen LogP contribution in [0.1, 0.15) is 112 Å². The number of alkyl halides is 3. The average molecular weight is 487 g/mol. The Bertz CT molecular complexity index is 745. The van der Waals surface area contributed by atoms with Crippen LogP contribution in [0.2, 0.25) is 0 Å². The van der Waals surface area contributed by atoms with E-state index in [1.54, 1.807) is 0 Å². The summed E-state index contributed by atoms with van der Waals surface area (Å²) in [4.78, 5) is 0.